The van der Waals surface area contributed by atoms with Crippen LogP contribution in [0.25, 0.3) is 0 Å². The summed E-state index contributed by atoms with van der Waals surface area (Å²) in [5.74, 6) is -3.66. The van der Waals surface area contributed by atoms with Crippen LogP contribution in [0, 0.1) is 5.92 Å². The van der Waals surface area contributed by atoms with Gasteiger partial charge in [0.2, 0.25) is 5.79 Å². The average molecular weight is 863 g/mol. The van der Waals surface area contributed by atoms with Crippen LogP contribution < -0.4 is 11.5 Å². The highest BCUT2D eigenvalue weighted by molar-refractivity contribution is 5.14. The molecule has 6 aliphatic heterocycles. The molecule has 6 rings (SSSR count). The van der Waals surface area contributed by atoms with Crippen molar-refractivity contribution in [1.82, 2.24) is 0 Å². The van der Waals surface area contributed by atoms with Crippen LogP contribution in [0.5, 0.6) is 0 Å². The van der Waals surface area contributed by atoms with Crippen molar-refractivity contribution in [3.8, 4) is 0 Å². The molecule has 344 valence electrons. The minimum Gasteiger partial charge on any atom is -0.394 e. The standard InChI is InChI=1S/C35H62N2O22/c1-9-17(40)22(45)25(48)29(51-9)35(59-33-28(24(47)19(42)12(7-39)54-33)56-32-26(49)23(46)18(41)10(2)52-32)14-11(6-38)53-30(16(37)27(14)57-35)50-8-13-20(43)21(44)15(36)31(55-13)58-34(3,4)5/h9-33,38-49H,6-8,36-37H2,1-5H3/t9?,10?,11?,12?,13?,14?,15?,16?,17?,18-,19?,20?,21-,22-,23?,24+,25?,26+,27+,28?,29-,30+,31-,32?,33+,35?/m1/s1. The second-order valence-electron chi connectivity index (χ2n) is 17.1. The van der Waals surface area contributed by atoms with Crippen LogP contribution in [0.2, 0.25) is 0 Å². The van der Waals surface area contributed by atoms with Gasteiger partial charge in [-0.2, -0.15) is 0 Å². The molecular formula is C35H62N2O22. The maximum absolute atomic E-state index is 11.4. The summed E-state index contributed by atoms with van der Waals surface area (Å²) in [6, 6.07) is -2.36. The minimum absolute atomic E-state index is 0.437. The topological polar surface area (TPSA) is 387 Å². The van der Waals surface area contributed by atoms with Gasteiger partial charge in [0.25, 0.3) is 0 Å². The SMILES string of the molecule is CC1O[C@@H](C2(O[C@@H]3OC(CO)C(O)[C@H](O)C3OC3OC(C)[C@@H](O)C(O)[C@@H]3O)O[C@@H]3C(N)[C@@H](OCC4O[C@H](OC(C)(C)C)C(N)[C@@H](O)C4O)OC(CO)C32)C(O)[C@H](O)C1O. The lowest BCUT2D eigenvalue weighted by Crippen LogP contribution is -2.83. The predicted molar refractivity (Wildman–Crippen MR) is 189 cm³/mol. The highest BCUT2D eigenvalue weighted by Crippen LogP contribution is 2.54. The van der Waals surface area contributed by atoms with E-state index in [4.69, 9.17) is 58.8 Å². The van der Waals surface area contributed by atoms with Crippen molar-refractivity contribution in [1.29, 1.82) is 0 Å². The van der Waals surface area contributed by atoms with Gasteiger partial charge in [-0.05, 0) is 34.6 Å². The van der Waals surface area contributed by atoms with E-state index in [1.54, 1.807) is 20.8 Å². The second kappa shape index (κ2) is 18.3. The molecule has 6 heterocycles. The van der Waals surface area contributed by atoms with Crippen LogP contribution in [0.15, 0.2) is 0 Å². The van der Waals surface area contributed by atoms with Gasteiger partial charge >= 0.3 is 0 Å². The molecule has 26 atom stereocenters. The molecule has 16 N–H and O–H groups in total. The molecule has 6 fully saturated rings. The molecule has 0 radical (unpaired) electrons. The Morgan fingerprint density at radius 1 is 0.559 bits per heavy atom. The Bertz CT molecular complexity index is 1380. The summed E-state index contributed by atoms with van der Waals surface area (Å²) in [4.78, 5) is 0. The van der Waals surface area contributed by atoms with Crippen molar-refractivity contribution < 1.29 is 109 Å². The first kappa shape index (κ1) is 47.5. The predicted octanol–water partition coefficient (Wildman–Crippen LogP) is -8.11. The first-order chi connectivity index (χ1) is 27.6. The molecule has 0 amide bonds. The summed E-state index contributed by atoms with van der Waals surface area (Å²) in [7, 11) is 0. The number of nitrogens with two attached hydrogens (primary N) is 2. The molecule has 0 bridgehead atoms. The zero-order valence-corrected chi connectivity index (χ0v) is 33.2. The number of fused-ring (bicyclic) bond motifs is 1. The average Bonchev–Trinajstić information content (AvgIpc) is 3.18. The van der Waals surface area contributed by atoms with Gasteiger partial charge < -0.3 is 120 Å². The normalized spacial score (nSPS) is 54.7. The van der Waals surface area contributed by atoms with E-state index >= 15 is 0 Å². The summed E-state index contributed by atoms with van der Waals surface area (Å²) in [6.45, 7) is 5.87. The molecular weight excluding hydrogens is 800 g/mol. The van der Waals surface area contributed by atoms with Crippen LogP contribution in [0.3, 0.4) is 0 Å². The first-order valence-corrected chi connectivity index (χ1v) is 19.7. The van der Waals surface area contributed by atoms with Crippen molar-refractivity contribution in [2.75, 3.05) is 19.8 Å². The van der Waals surface area contributed by atoms with E-state index in [-0.39, 0.29) is 0 Å². The maximum atomic E-state index is 11.4. The van der Waals surface area contributed by atoms with Crippen LogP contribution in [-0.2, 0) is 47.4 Å². The van der Waals surface area contributed by atoms with Crippen molar-refractivity contribution in [3.63, 3.8) is 0 Å². The van der Waals surface area contributed by atoms with Gasteiger partial charge in [0, 0.05) is 0 Å². The van der Waals surface area contributed by atoms with E-state index < -0.39 is 184 Å². The minimum atomic E-state index is -2.39. The quantitative estimate of drug-likeness (QED) is 0.0917. The Morgan fingerprint density at radius 2 is 1.12 bits per heavy atom. The molecule has 24 nitrogen and oxygen atoms in total. The molecule has 0 aliphatic carbocycles. The summed E-state index contributed by atoms with van der Waals surface area (Å²) in [6.07, 6.45) is -35.0. The Labute approximate surface area is 338 Å². The van der Waals surface area contributed by atoms with Crippen LogP contribution >= 0.6 is 0 Å². The Morgan fingerprint density at radius 3 is 1.73 bits per heavy atom. The lowest BCUT2D eigenvalue weighted by atomic mass is 9.71. The fourth-order valence-corrected chi connectivity index (χ4v) is 8.43. The van der Waals surface area contributed by atoms with Gasteiger partial charge in [-0.15, -0.1) is 0 Å². The van der Waals surface area contributed by atoms with Crippen molar-refractivity contribution in [2.45, 2.75) is 193 Å². The first-order valence-electron chi connectivity index (χ1n) is 19.7. The van der Waals surface area contributed by atoms with E-state index in [0.29, 0.717) is 0 Å². The highest BCUT2D eigenvalue weighted by Gasteiger charge is 2.73. The molecule has 0 spiro atoms. The second-order valence-corrected chi connectivity index (χ2v) is 17.1. The zero-order chi connectivity index (χ0) is 43.6. The lowest BCUT2D eigenvalue weighted by Gasteiger charge is -2.65. The summed E-state index contributed by atoms with van der Waals surface area (Å²) in [5, 5.41) is 129. The van der Waals surface area contributed by atoms with Crippen LogP contribution in [0.4, 0.5) is 0 Å². The molecule has 6 aliphatic rings. The maximum Gasteiger partial charge on any atom is 0.208 e. The van der Waals surface area contributed by atoms with E-state index in [1.807, 2.05) is 0 Å². The smallest absolute Gasteiger partial charge is 0.208 e. The van der Waals surface area contributed by atoms with Gasteiger partial charge in [-0.1, -0.05) is 0 Å². The molecule has 24 heteroatoms. The van der Waals surface area contributed by atoms with Crippen LogP contribution in [-0.4, -0.2) is 240 Å². The monoisotopic (exact) mass is 862 g/mol. The molecule has 0 aromatic heterocycles. The number of rotatable bonds is 11. The van der Waals surface area contributed by atoms with Crippen molar-refractivity contribution in [3.05, 3.63) is 0 Å². The number of ether oxygens (including phenoxy) is 10. The van der Waals surface area contributed by atoms with E-state index in [0.717, 1.165) is 0 Å². The molecule has 16 unspecified atom stereocenters. The zero-order valence-electron chi connectivity index (χ0n) is 33.2. The molecule has 0 aromatic carbocycles. The van der Waals surface area contributed by atoms with Gasteiger partial charge in [0.1, 0.15) is 85.5 Å². The number of hydrogen-bond donors (Lipinski definition) is 14. The number of aliphatic hydroxyl groups excluding tert-OH is 12. The molecule has 6 saturated heterocycles. The van der Waals surface area contributed by atoms with Crippen molar-refractivity contribution >= 4 is 0 Å². The highest BCUT2D eigenvalue weighted by atomic mass is 16.8. The largest absolute Gasteiger partial charge is 0.394 e. The lowest BCUT2D eigenvalue weighted by molar-refractivity contribution is -0.508. The third-order valence-electron chi connectivity index (χ3n) is 11.8. The van der Waals surface area contributed by atoms with Gasteiger partial charge in [0.15, 0.2) is 25.2 Å². The number of hydrogen-bond acceptors (Lipinski definition) is 24. The fourth-order valence-electron chi connectivity index (χ4n) is 8.43. The van der Waals surface area contributed by atoms with Gasteiger partial charge in [-0.3, -0.25) is 0 Å². The Balaban J connectivity index is 1.28. The summed E-state index contributed by atoms with van der Waals surface area (Å²) >= 11 is 0. The van der Waals surface area contributed by atoms with Crippen LogP contribution in [0.1, 0.15) is 34.6 Å². The van der Waals surface area contributed by atoms with E-state index in [9.17, 15) is 61.3 Å². The molecule has 59 heavy (non-hydrogen) atoms. The third-order valence-corrected chi connectivity index (χ3v) is 11.8. The fraction of sp³-hybridized carbons (Fsp3) is 1.00. The van der Waals surface area contributed by atoms with Gasteiger partial charge in [-0.25, -0.2) is 0 Å². The Kier molecular flexibility index (Phi) is 14.7. The van der Waals surface area contributed by atoms with Gasteiger partial charge in [0.05, 0.1) is 67.8 Å². The van der Waals surface area contributed by atoms with E-state index in [1.165, 1.54) is 13.8 Å². The molecule has 0 aromatic rings. The summed E-state index contributed by atoms with van der Waals surface area (Å²) in [5.41, 5.74) is 11.9. The van der Waals surface area contributed by atoms with E-state index in [2.05, 4.69) is 0 Å². The third kappa shape index (κ3) is 8.94. The number of aliphatic hydroxyl groups is 12. The Hall–Kier alpha value is -0.960. The summed E-state index contributed by atoms with van der Waals surface area (Å²) < 4.78 is 59.8. The van der Waals surface area contributed by atoms with Crippen molar-refractivity contribution in [2.24, 2.45) is 17.4 Å². The molecule has 0 saturated carbocycles.